The van der Waals surface area contributed by atoms with Crippen LogP contribution in [0.2, 0.25) is 0 Å². The van der Waals surface area contributed by atoms with Crippen LogP contribution >= 0.6 is 0 Å². The van der Waals surface area contributed by atoms with E-state index in [-0.39, 0.29) is 18.5 Å². The molecule has 3 aliphatic rings. The molecule has 2 atom stereocenters. The number of methoxy groups -OCH3 is 1. The molecule has 3 aliphatic heterocycles. The number of H-pyrrole nitrogens is 1. The zero-order chi connectivity index (χ0) is 27.8. The number of aromatic nitrogens is 5. The smallest absolute Gasteiger partial charge is 0.253 e. The topological polar surface area (TPSA) is 120 Å². The minimum absolute atomic E-state index is 0.0683. The summed E-state index contributed by atoms with van der Waals surface area (Å²) in [6, 6.07) is 13.4. The van der Waals surface area contributed by atoms with Gasteiger partial charge in [-0.15, -0.1) is 5.10 Å². The number of benzene rings is 2. The predicted octanol–water partition coefficient (Wildman–Crippen LogP) is 2.34. The second-order valence-electron chi connectivity index (χ2n) is 10.8. The summed E-state index contributed by atoms with van der Waals surface area (Å²) < 4.78 is 24.1. The first kappa shape index (κ1) is 25.9. The molecule has 2 aromatic carbocycles. The predicted molar refractivity (Wildman–Crippen MR) is 149 cm³/mol. The molecule has 214 valence electrons. The molecule has 0 aliphatic carbocycles. The minimum Gasteiger partial charge on any atom is -0.497 e. The van der Waals surface area contributed by atoms with Crippen LogP contribution in [-0.2, 0) is 17.8 Å². The van der Waals surface area contributed by atoms with Gasteiger partial charge in [-0.05, 0) is 64.5 Å². The summed E-state index contributed by atoms with van der Waals surface area (Å²) in [6.45, 7) is 5.57. The monoisotopic (exact) mass is 559 g/mol. The molecular weight excluding hydrogens is 526 g/mol. The van der Waals surface area contributed by atoms with Crippen molar-refractivity contribution in [3.05, 3.63) is 69.8 Å². The Bertz CT molecular complexity index is 1590. The molecule has 0 bridgehead atoms. The van der Waals surface area contributed by atoms with Crippen molar-refractivity contribution in [2.45, 2.75) is 38.1 Å². The number of hydrogen-bond donors (Lipinski definition) is 1. The van der Waals surface area contributed by atoms with Gasteiger partial charge in [-0.1, -0.05) is 6.07 Å². The van der Waals surface area contributed by atoms with Crippen molar-refractivity contribution in [1.29, 1.82) is 0 Å². The highest BCUT2D eigenvalue weighted by atomic mass is 16.7. The summed E-state index contributed by atoms with van der Waals surface area (Å²) >= 11 is 0. The fourth-order valence-corrected chi connectivity index (χ4v) is 6.02. The molecule has 2 aromatic heterocycles. The van der Waals surface area contributed by atoms with Gasteiger partial charge in [0, 0.05) is 51.0 Å². The summed E-state index contributed by atoms with van der Waals surface area (Å²) in [7, 11) is 1.61. The Labute approximate surface area is 236 Å². The Hall–Kier alpha value is -4.00. The number of nitrogens with one attached hydrogen (secondary N) is 1. The van der Waals surface area contributed by atoms with Crippen molar-refractivity contribution in [3.63, 3.8) is 0 Å². The van der Waals surface area contributed by atoms with Gasteiger partial charge in [0.15, 0.2) is 17.3 Å². The van der Waals surface area contributed by atoms with Gasteiger partial charge in [-0.2, -0.15) is 0 Å². The second kappa shape index (κ2) is 11.1. The average molecular weight is 560 g/mol. The Morgan fingerprint density at radius 2 is 1.95 bits per heavy atom. The van der Waals surface area contributed by atoms with Crippen LogP contribution in [0.4, 0.5) is 0 Å². The maximum atomic E-state index is 13.6. The van der Waals surface area contributed by atoms with Gasteiger partial charge in [-0.3, -0.25) is 14.6 Å². The molecule has 5 heterocycles. The molecule has 0 radical (unpaired) electrons. The van der Waals surface area contributed by atoms with E-state index in [1.165, 1.54) is 5.56 Å². The van der Waals surface area contributed by atoms with E-state index in [1.54, 1.807) is 7.11 Å². The van der Waals surface area contributed by atoms with E-state index in [2.05, 4.69) is 42.4 Å². The molecular formula is C29H33N7O5. The largest absolute Gasteiger partial charge is 0.497 e. The molecule has 4 aromatic rings. The molecule has 0 saturated carbocycles. The molecule has 41 heavy (non-hydrogen) atoms. The van der Waals surface area contributed by atoms with Crippen LogP contribution < -0.4 is 19.8 Å². The van der Waals surface area contributed by atoms with Gasteiger partial charge in [0.25, 0.3) is 5.56 Å². The lowest BCUT2D eigenvalue weighted by atomic mass is 10.0. The zero-order valence-corrected chi connectivity index (χ0v) is 23.0. The molecule has 0 amide bonds. The van der Waals surface area contributed by atoms with Crippen molar-refractivity contribution in [2.75, 3.05) is 46.7 Å². The molecule has 7 rings (SSSR count). The number of fused-ring (bicyclic) bond motifs is 2. The van der Waals surface area contributed by atoms with Crippen LogP contribution in [0.15, 0.2) is 47.3 Å². The highest BCUT2D eigenvalue weighted by Gasteiger charge is 2.33. The number of aromatic amines is 1. The standard InChI is InChI=1S/C29H33N7O5/c1-38-21-6-5-20-14-23(29(37)30-24(20)15-21)27(28-31-32-33-36(28)17-22-3-2-12-39-22)35-10-8-34(9-11-35)16-19-4-7-25-26(13-19)41-18-40-25/h4-7,13-15,22,27H,2-3,8-12,16-18H2,1H3,(H,30,37)/t22-,27-/m0/s1. The van der Waals surface area contributed by atoms with Crippen molar-refractivity contribution >= 4 is 10.9 Å². The van der Waals surface area contributed by atoms with Crippen molar-refractivity contribution in [3.8, 4) is 17.2 Å². The average Bonchev–Trinajstić information content (AvgIpc) is 3.77. The Morgan fingerprint density at radius 3 is 2.78 bits per heavy atom. The lowest BCUT2D eigenvalue weighted by Crippen LogP contribution is -2.48. The lowest BCUT2D eigenvalue weighted by Gasteiger charge is -2.38. The van der Waals surface area contributed by atoms with E-state index < -0.39 is 6.04 Å². The summed E-state index contributed by atoms with van der Waals surface area (Å²) in [5, 5.41) is 13.8. The third-order valence-electron chi connectivity index (χ3n) is 8.20. The highest BCUT2D eigenvalue weighted by molar-refractivity contribution is 5.80. The number of pyridine rings is 1. The number of nitrogens with zero attached hydrogens (tertiary/aromatic N) is 6. The highest BCUT2D eigenvalue weighted by Crippen LogP contribution is 2.33. The van der Waals surface area contributed by atoms with Gasteiger partial charge < -0.3 is 23.9 Å². The molecule has 2 saturated heterocycles. The van der Waals surface area contributed by atoms with Gasteiger partial charge in [0.1, 0.15) is 11.8 Å². The molecule has 0 spiro atoms. The fraction of sp³-hybridized carbons (Fsp3) is 0.448. The van der Waals surface area contributed by atoms with Crippen molar-refractivity contribution in [2.24, 2.45) is 0 Å². The first-order valence-electron chi connectivity index (χ1n) is 14.1. The van der Waals surface area contributed by atoms with Crippen LogP contribution in [0.5, 0.6) is 17.2 Å². The molecule has 12 nitrogen and oxygen atoms in total. The summed E-state index contributed by atoms with van der Waals surface area (Å²) in [4.78, 5) is 21.4. The van der Waals surface area contributed by atoms with Crippen LogP contribution in [0, 0.1) is 0 Å². The van der Waals surface area contributed by atoms with Gasteiger partial charge in [0.05, 0.1) is 25.3 Å². The van der Waals surface area contributed by atoms with E-state index in [0.29, 0.717) is 23.7 Å². The maximum absolute atomic E-state index is 13.6. The van der Waals surface area contributed by atoms with Crippen LogP contribution in [0.25, 0.3) is 10.9 Å². The van der Waals surface area contributed by atoms with E-state index in [4.69, 9.17) is 18.9 Å². The summed E-state index contributed by atoms with van der Waals surface area (Å²) in [5.74, 6) is 2.94. The Kier molecular flexibility index (Phi) is 7.03. The van der Waals surface area contributed by atoms with Crippen LogP contribution in [0.3, 0.4) is 0 Å². The second-order valence-corrected chi connectivity index (χ2v) is 10.8. The number of rotatable bonds is 8. The summed E-state index contributed by atoms with van der Waals surface area (Å²) in [5.41, 5.74) is 2.37. The van der Waals surface area contributed by atoms with Crippen molar-refractivity contribution < 1.29 is 18.9 Å². The van der Waals surface area contributed by atoms with Gasteiger partial charge in [-0.25, -0.2) is 4.68 Å². The number of piperazine rings is 1. The number of ether oxygens (including phenoxy) is 4. The fourth-order valence-electron chi connectivity index (χ4n) is 6.02. The van der Waals surface area contributed by atoms with Gasteiger partial charge >= 0.3 is 0 Å². The normalized spacial score (nSPS) is 20.1. The lowest BCUT2D eigenvalue weighted by molar-refractivity contribution is 0.0840. The molecule has 0 unspecified atom stereocenters. The van der Waals surface area contributed by atoms with Gasteiger partial charge in [0.2, 0.25) is 6.79 Å². The third-order valence-corrected chi connectivity index (χ3v) is 8.20. The van der Waals surface area contributed by atoms with Crippen LogP contribution in [0.1, 0.15) is 35.8 Å². The third kappa shape index (κ3) is 5.25. The number of hydrogen-bond acceptors (Lipinski definition) is 10. The minimum atomic E-state index is -0.408. The first-order chi connectivity index (χ1) is 20.1. The zero-order valence-electron chi connectivity index (χ0n) is 23.0. The van der Waals surface area contributed by atoms with Crippen molar-refractivity contribution in [1.82, 2.24) is 35.0 Å². The molecule has 12 heteroatoms. The molecule has 1 N–H and O–H groups in total. The van der Waals surface area contributed by atoms with E-state index in [9.17, 15) is 4.79 Å². The van der Waals surface area contributed by atoms with E-state index in [1.807, 2.05) is 35.0 Å². The van der Waals surface area contributed by atoms with E-state index >= 15 is 0 Å². The van der Waals surface area contributed by atoms with Crippen LogP contribution in [-0.4, -0.2) is 87.8 Å². The Morgan fingerprint density at radius 1 is 1.07 bits per heavy atom. The Balaban J connectivity index is 1.17. The molecule has 2 fully saturated rings. The number of tetrazole rings is 1. The van der Waals surface area contributed by atoms with E-state index in [0.717, 1.165) is 74.6 Å². The first-order valence-corrected chi connectivity index (χ1v) is 14.1. The summed E-state index contributed by atoms with van der Waals surface area (Å²) in [6.07, 6.45) is 2.07. The SMILES string of the molecule is COc1ccc2cc([C@@H](c3nnnn3C[C@@H]3CCCO3)N3CCN(Cc4ccc5c(c4)OCO5)CC3)c(=O)[nH]c2c1. The quantitative estimate of drug-likeness (QED) is 0.344. The maximum Gasteiger partial charge on any atom is 0.253 e.